The number of ketones is 1. The topological polar surface area (TPSA) is 88.1 Å². The number of hydrogen-bond donors (Lipinski definition) is 0. The summed E-state index contributed by atoms with van der Waals surface area (Å²) in [6.07, 6.45) is 0. The minimum absolute atomic E-state index is 0.312. The molecule has 0 aliphatic rings. The number of carbonyl (C=O) groups excluding carboxylic acids is 3. The van der Waals surface area contributed by atoms with Gasteiger partial charge in [-0.15, -0.1) is 0 Å². The number of ether oxygens (including phenoxy) is 2. The minimum atomic E-state index is -2.39. The van der Waals surface area contributed by atoms with Crippen LogP contribution in [-0.4, -0.2) is 43.1 Å². The summed E-state index contributed by atoms with van der Waals surface area (Å²) in [5, 5.41) is 0. The van der Waals surface area contributed by atoms with Crippen molar-refractivity contribution in [3.05, 3.63) is 35.9 Å². The molecular weight excluding hydrogens is 328 g/mol. The summed E-state index contributed by atoms with van der Waals surface area (Å²) in [5.74, 6) is -3.91. The Bertz CT molecular complexity index is 600. The van der Waals surface area contributed by atoms with Crippen LogP contribution in [0.5, 0.6) is 0 Å². The fraction of sp³-hybridized carbons (Fsp3) is 0.500. The third-order valence-corrected chi connectivity index (χ3v) is 3.46. The lowest BCUT2D eigenvalue weighted by atomic mass is 9.83. The van der Waals surface area contributed by atoms with E-state index in [0.717, 1.165) is 14.2 Å². The van der Waals surface area contributed by atoms with Gasteiger partial charge in [-0.25, -0.2) is 19.4 Å². The maximum Gasteiger partial charge on any atom is 0.354 e. The Balaban J connectivity index is 3.38. The molecule has 0 spiro atoms. The summed E-state index contributed by atoms with van der Waals surface area (Å²) in [6, 6.07) is 8.23. The molecule has 1 atom stereocenters. The van der Waals surface area contributed by atoms with Crippen LogP contribution in [-0.2, 0) is 28.8 Å². The number of rotatable bonds is 7. The third kappa shape index (κ3) is 4.64. The van der Waals surface area contributed by atoms with Gasteiger partial charge in [0.15, 0.2) is 5.78 Å². The summed E-state index contributed by atoms with van der Waals surface area (Å²) >= 11 is 0. The largest absolute Gasteiger partial charge is 0.466 e. The van der Waals surface area contributed by atoms with E-state index < -0.39 is 34.8 Å². The van der Waals surface area contributed by atoms with Gasteiger partial charge in [-0.2, -0.15) is 0 Å². The highest BCUT2D eigenvalue weighted by Crippen LogP contribution is 2.31. The van der Waals surface area contributed by atoms with Crippen LogP contribution in [0.4, 0.5) is 0 Å². The van der Waals surface area contributed by atoms with E-state index in [4.69, 9.17) is 19.2 Å². The molecule has 0 N–H and O–H groups in total. The number of esters is 2. The number of carbonyl (C=O) groups is 3. The number of benzene rings is 1. The van der Waals surface area contributed by atoms with Gasteiger partial charge < -0.3 is 9.47 Å². The first kappa shape index (κ1) is 20.8. The average molecular weight is 352 g/mol. The van der Waals surface area contributed by atoms with E-state index in [1.807, 2.05) is 0 Å². The van der Waals surface area contributed by atoms with Crippen LogP contribution in [0.15, 0.2) is 30.3 Å². The molecule has 0 aliphatic heterocycles. The van der Waals surface area contributed by atoms with Crippen molar-refractivity contribution < 1.29 is 33.6 Å². The van der Waals surface area contributed by atoms with Crippen LogP contribution in [0.3, 0.4) is 0 Å². The predicted molar refractivity (Wildman–Crippen MR) is 88.6 cm³/mol. The second-order valence-corrected chi connectivity index (χ2v) is 6.45. The molecule has 7 heteroatoms. The SMILES string of the molecule is COC(=O)C(OOC(C)(C)C)(C(=O)OC)C(C)C(=O)c1ccccc1. The summed E-state index contributed by atoms with van der Waals surface area (Å²) in [7, 11) is 2.17. The van der Waals surface area contributed by atoms with Crippen LogP contribution in [0, 0.1) is 5.92 Å². The molecule has 0 aromatic heterocycles. The average Bonchev–Trinajstić information content (AvgIpc) is 2.60. The predicted octanol–water partition coefficient (Wildman–Crippen LogP) is 2.34. The van der Waals surface area contributed by atoms with Crippen LogP contribution >= 0.6 is 0 Å². The third-order valence-electron chi connectivity index (χ3n) is 3.46. The maximum atomic E-state index is 12.8. The van der Waals surface area contributed by atoms with Gasteiger partial charge in [0.25, 0.3) is 0 Å². The van der Waals surface area contributed by atoms with Crippen LogP contribution < -0.4 is 0 Å². The Hall–Kier alpha value is -2.25. The zero-order chi connectivity index (χ0) is 19.3. The van der Waals surface area contributed by atoms with Crippen molar-refractivity contribution in [1.29, 1.82) is 0 Å². The molecule has 25 heavy (non-hydrogen) atoms. The lowest BCUT2D eigenvalue weighted by Gasteiger charge is -2.33. The molecule has 1 aromatic rings. The van der Waals surface area contributed by atoms with Gasteiger partial charge >= 0.3 is 17.5 Å². The molecule has 0 amide bonds. The molecule has 1 rings (SSSR count). The molecule has 1 unspecified atom stereocenters. The van der Waals surface area contributed by atoms with Crippen molar-refractivity contribution >= 4 is 17.7 Å². The van der Waals surface area contributed by atoms with Crippen molar-refractivity contribution in [3.8, 4) is 0 Å². The Morgan fingerprint density at radius 1 is 0.880 bits per heavy atom. The van der Waals surface area contributed by atoms with Crippen LogP contribution in [0.1, 0.15) is 38.1 Å². The summed E-state index contributed by atoms with van der Waals surface area (Å²) in [4.78, 5) is 48.1. The van der Waals surface area contributed by atoms with Gasteiger partial charge in [-0.05, 0) is 20.8 Å². The summed E-state index contributed by atoms with van der Waals surface area (Å²) in [5.41, 5.74) is -2.92. The van der Waals surface area contributed by atoms with Gasteiger partial charge in [0.2, 0.25) is 0 Å². The minimum Gasteiger partial charge on any atom is -0.466 e. The molecule has 0 fully saturated rings. The van der Waals surface area contributed by atoms with Gasteiger partial charge in [0, 0.05) is 5.56 Å². The standard InChI is InChI=1S/C18H24O7/c1-12(14(19)13-10-8-7-9-11-13)18(15(20)22-5,16(21)23-6)25-24-17(2,3)4/h7-12H,1-6H3. The van der Waals surface area contributed by atoms with E-state index in [-0.39, 0.29) is 0 Å². The zero-order valence-corrected chi connectivity index (χ0v) is 15.3. The molecular formula is C18H24O7. The lowest BCUT2D eigenvalue weighted by Crippen LogP contribution is -2.58. The van der Waals surface area contributed by atoms with E-state index >= 15 is 0 Å². The molecule has 0 saturated carbocycles. The van der Waals surface area contributed by atoms with Gasteiger partial charge in [0.1, 0.15) is 0 Å². The Kier molecular flexibility index (Phi) is 6.84. The summed E-state index contributed by atoms with van der Waals surface area (Å²) < 4.78 is 9.43. The molecule has 0 saturated heterocycles. The molecule has 0 radical (unpaired) electrons. The number of methoxy groups -OCH3 is 2. The van der Waals surface area contributed by atoms with E-state index in [1.165, 1.54) is 6.92 Å². The zero-order valence-electron chi connectivity index (χ0n) is 15.3. The van der Waals surface area contributed by atoms with Crippen LogP contribution in [0.25, 0.3) is 0 Å². The van der Waals surface area contributed by atoms with Gasteiger partial charge in [-0.3, -0.25) is 4.79 Å². The maximum absolute atomic E-state index is 12.8. The molecule has 0 bridgehead atoms. The normalized spacial score (nSPS) is 13.0. The Morgan fingerprint density at radius 3 is 1.76 bits per heavy atom. The Labute approximate surface area is 147 Å². The molecule has 0 heterocycles. The number of Topliss-reactive ketones (excluding diaryl/α,β-unsaturated/α-hetero) is 1. The summed E-state index contributed by atoms with van der Waals surface area (Å²) in [6.45, 7) is 6.37. The highest BCUT2D eigenvalue weighted by Gasteiger charge is 2.59. The first-order chi connectivity index (χ1) is 11.6. The number of hydrogen-bond acceptors (Lipinski definition) is 7. The highest BCUT2D eigenvalue weighted by atomic mass is 17.2. The van der Waals surface area contributed by atoms with Gasteiger partial charge in [-0.1, -0.05) is 37.3 Å². The first-order valence-corrected chi connectivity index (χ1v) is 7.73. The van der Waals surface area contributed by atoms with Crippen molar-refractivity contribution in [1.82, 2.24) is 0 Å². The fourth-order valence-electron chi connectivity index (χ4n) is 2.11. The van der Waals surface area contributed by atoms with E-state index in [0.29, 0.717) is 5.56 Å². The van der Waals surface area contributed by atoms with Crippen molar-refractivity contribution in [2.75, 3.05) is 14.2 Å². The lowest BCUT2D eigenvalue weighted by molar-refractivity contribution is -0.394. The Morgan fingerprint density at radius 2 is 1.36 bits per heavy atom. The highest BCUT2D eigenvalue weighted by molar-refractivity contribution is 6.11. The molecule has 1 aromatic carbocycles. The van der Waals surface area contributed by atoms with E-state index in [2.05, 4.69) is 0 Å². The monoisotopic (exact) mass is 352 g/mol. The second kappa shape index (κ2) is 8.22. The van der Waals surface area contributed by atoms with Gasteiger partial charge in [0.05, 0.1) is 25.7 Å². The van der Waals surface area contributed by atoms with Crippen molar-refractivity contribution in [2.45, 2.75) is 38.9 Å². The van der Waals surface area contributed by atoms with E-state index in [9.17, 15) is 14.4 Å². The second-order valence-electron chi connectivity index (χ2n) is 6.45. The quantitative estimate of drug-likeness (QED) is 0.245. The molecule has 7 nitrogen and oxygen atoms in total. The first-order valence-electron chi connectivity index (χ1n) is 7.73. The van der Waals surface area contributed by atoms with Crippen molar-refractivity contribution in [2.24, 2.45) is 5.92 Å². The smallest absolute Gasteiger partial charge is 0.354 e. The van der Waals surface area contributed by atoms with Crippen molar-refractivity contribution in [3.63, 3.8) is 0 Å². The molecule has 0 aliphatic carbocycles. The van der Waals surface area contributed by atoms with E-state index in [1.54, 1.807) is 51.1 Å². The van der Waals surface area contributed by atoms with Crippen LogP contribution in [0.2, 0.25) is 0 Å². The fourth-order valence-corrected chi connectivity index (χ4v) is 2.11. The molecule has 138 valence electrons.